The fourth-order valence-electron chi connectivity index (χ4n) is 4.45. The van der Waals surface area contributed by atoms with Crippen LogP contribution >= 0.6 is 0 Å². The number of hydrogen-bond donors (Lipinski definition) is 1. The standard InChI is InChI=1S/C27H25N3O3/c1-19-24(20-7-3-2-4-8-20)23-9-5-6-14-30(23)25(19)26(31)27(32)28-21-10-12-22(13-11-21)29-15-17-33-18-16-29/h2-14H,15-18H2,1H3,(H,28,32). The van der Waals surface area contributed by atoms with Crippen LogP contribution in [0.1, 0.15) is 16.1 Å². The van der Waals surface area contributed by atoms with Crippen LogP contribution in [0.5, 0.6) is 0 Å². The molecule has 0 atom stereocenters. The highest BCUT2D eigenvalue weighted by molar-refractivity contribution is 6.46. The molecule has 1 aliphatic heterocycles. The Balaban J connectivity index is 1.42. The second-order valence-corrected chi connectivity index (χ2v) is 8.10. The molecular weight excluding hydrogens is 414 g/mol. The van der Waals surface area contributed by atoms with Gasteiger partial charge in [0.05, 0.1) is 18.7 Å². The Morgan fingerprint density at radius 3 is 2.30 bits per heavy atom. The number of ketones is 1. The van der Waals surface area contributed by atoms with Crippen molar-refractivity contribution >= 4 is 28.6 Å². The van der Waals surface area contributed by atoms with Crippen LogP contribution in [0.2, 0.25) is 0 Å². The predicted molar refractivity (Wildman–Crippen MR) is 130 cm³/mol. The summed E-state index contributed by atoms with van der Waals surface area (Å²) in [5, 5.41) is 2.77. The Hall–Kier alpha value is -3.90. The first kappa shape index (κ1) is 21.0. The highest BCUT2D eigenvalue weighted by atomic mass is 16.5. The zero-order valence-electron chi connectivity index (χ0n) is 18.5. The van der Waals surface area contributed by atoms with E-state index in [4.69, 9.17) is 4.74 Å². The van der Waals surface area contributed by atoms with Crippen molar-refractivity contribution in [3.05, 3.63) is 90.3 Å². The maximum Gasteiger partial charge on any atom is 0.298 e. The van der Waals surface area contributed by atoms with Crippen molar-refractivity contribution in [3.63, 3.8) is 0 Å². The van der Waals surface area contributed by atoms with Crippen molar-refractivity contribution in [1.29, 1.82) is 0 Å². The summed E-state index contributed by atoms with van der Waals surface area (Å²) in [6.07, 6.45) is 1.83. The predicted octanol–water partition coefficient (Wildman–Crippen LogP) is 4.57. The highest BCUT2D eigenvalue weighted by Gasteiger charge is 2.26. The highest BCUT2D eigenvalue weighted by Crippen LogP contribution is 2.33. The maximum atomic E-state index is 13.3. The number of Topliss-reactive ketones (excluding diaryl/α,β-unsaturated/α-hetero) is 1. The lowest BCUT2D eigenvalue weighted by atomic mass is 10.0. The largest absolute Gasteiger partial charge is 0.378 e. The Labute approximate surface area is 192 Å². The number of nitrogens with zero attached hydrogens (tertiary/aromatic N) is 2. The number of carbonyl (C=O) groups is 2. The number of ether oxygens (including phenoxy) is 1. The van der Waals surface area contributed by atoms with Crippen molar-refractivity contribution in [2.45, 2.75) is 6.92 Å². The van der Waals surface area contributed by atoms with Crippen LogP contribution in [0.4, 0.5) is 11.4 Å². The maximum absolute atomic E-state index is 13.3. The number of nitrogens with one attached hydrogen (secondary N) is 1. The first-order valence-electron chi connectivity index (χ1n) is 11.1. The van der Waals surface area contributed by atoms with Gasteiger partial charge >= 0.3 is 0 Å². The lowest BCUT2D eigenvalue weighted by molar-refractivity contribution is -0.112. The molecule has 166 valence electrons. The number of morpholine rings is 1. The normalized spacial score (nSPS) is 13.8. The molecule has 1 aliphatic rings. The Bertz CT molecular complexity index is 1300. The molecule has 1 amide bonds. The molecule has 3 heterocycles. The quantitative estimate of drug-likeness (QED) is 0.365. The molecule has 2 aromatic heterocycles. The third-order valence-corrected chi connectivity index (χ3v) is 6.07. The van der Waals surface area contributed by atoms with E-state index in [1.54, 1.807) is 4.40 Å². The number of carbonyl (C=O) groups excluding carboxylic acids is 2. The molecule has 6 nitrogen and oxygen atoms in total. The van der Waals surface area contributed by atoms with Crippen LogP contribution in [0.3, 0.4) is 0 Å². The summed E-state index contributed by atoms with van der Waals surface area (Å²) in [7, 11) is 0. The zero-order valence-corrected chi connectivity index (χ0v) is 18.5. The van der Waals surface area contributed by atoms with E-state index in [2.05, 4.69) is 10.2 Å². The molecule has 0 aliphatic carbocycles. The van der Waals surface area contributed by atoms with Gasteiger partial charge in [0.2, 0.25) is 0 Å². The molecule has 4 aromatic rings. The van der Waals surface area contributed by atoms with Gasteiger partial charge < -0.3 is 19.4 Å². The minimum Gasteiger partial charge on any atom is -0.378 e. The minimum atomic E-state index is -0.653. The molecule has 1 N–H and O–H groups in total. The van der Waals surface area contributed by atoms with E-state index in [1.165, 1.54) is 0 Å². The van der Waals surface area contributed by atoms with Crippen LogP contribution in [0.25, 0.3) is 16.6 Å². The lowest BCUT2D eigenvalue weighted by Crippen LogP contribution is -2.36. The molecule has 2 aromatic carbocycles. The Morgan fingerprint density at radius 2 is 1.58 bits per heavy atom. The second kappa shape index (κ2) is 8.92. The van der Waals surface area contributed by atoms with E-state index in [1.807, 2.05) is 85.9 Å². The third-order valence-electron chi connectivity index (χ3n) is 6.07. The van der Waals surface area contributed by atoms with Crippen LogP contribution in [0.15, 0.2) is 79.0 Å². The van der Waals surface area contributed by atoms with E-state index in [-0.39, 0.29) is 0 Å². The summed E-state index contributed by atoms with van der Waals surface area (Å²) in [5.41, 5.74) is 5.70. The summed E-state index contributed by atoms with van der Waals surface area (Å²) in [5.74, 6) is -1.21. The van der Waals surface area contributed by atoms with Crippen LogP contribution < -0.4 is 10.2 Å². The zero-order chi connectivity index (χ0) is 22.8. The molecule has 0 bridgehead atoms. The molecule has 33 heavy (non-hydrogen) atoms. The molecule has 5 rings (SSSR count). The average Bonchev–Trinajstić information content (AvgIpc) is 3.16. The number of benzene rings is 2. The van der Waals surface area contributed by atoms with Crippen molar-refractivity contribution in [2.75, 3.05) is 36.5 Å². The first-order valence-corrected chi connectivity index (χ1v) is 11.1. The van der Waals surface area contributed by atoms with Crippen molar-refractivity contribution in [2.24, 2.45) is 0 Å². The number of rotatable bonds is 5. The molecule has 1 fully saturated rings. The number of fused-ring (bicyclic) bond motifs is 1. The van der Waals surface area contributed by atoms with Crippen molar-refractivity contribution < 1.29 is 14.3 Å². The number of anilines is 2. The number of amides is 1. The Morgan fingerprint density at radius 1 is 0.879 bits per heavy atom. The lowest BCUT2D eigenvalue weighted by Gasteiger charge is -2.28. The number of hydrogen-bond acceptors (Lipinski definition) is 4. The Kier molecular flexibility index (Phi) is 5.67. The average molecular weight is 440 g/mol. The summed E-state index contributed by atoms with van der Waals surface area (Å²) >= 11 is 0. The van der Waals surface area contributed by atoms with Crippen molar-refractivity contribution in [3.8, 4) is 11.1 Å². The van der Waals surface area contributed by atoms with Crippen molar-refractivity contribution in [1.82, 2.24) is 4.40 Å². The summed E-state index contributed by atoms with van der Waals surface area (Å²) in [4.78, 5) is 28.5. The monoisotopic (exact) mass is 439 g/mol. The molecular formula is C27H25N3O3. The molecule has 0 spiro atoms. The summed E-state index contributed by atoms with van der Waals surface area (Å²) in [6, 6.07) is 23.3. The summed E-state index contributed by atoms with van der Waals surface area (Å²) in [6.45, 7) is 5.00. The molecule has 0 unspecified atom stereocenters. The van der Waals surface area contributed by atoms with Crippen LogP contribution in [-0.2, 0) is 9.53 Å². The van der Waals surface area contributed by atoms with Gasteiger partial charge in [-0.1, -0.05) is 36.4 Å². The smallest absolute Gasteiger partial charge is 0.298 e. The van der Waals surface area contributed by atoms with E-state index in [0.29, 0.717) is 24.6 Å². The first-order chi connectivity index (χ1) is 16.1. The fourth-order valence-corrected chi connectivity index (χ4v) is 4.45. The van der Waals surface area contributed by atoms with Gasteiger partial charge in [-0.3, -0.25) is 9.59 Å². The topological polar surface area (TPSA) is 63.0 Å². The van der Waals surface area contributed by atoms with Gasteiger partial charge in [0, 0.05) is 36.2 Å². The van der Waals surface area contributed by atoms with E-state index >= 15 is 0 Å². The van der Waals surface area contributed by atoms with Gasteiger partial charge in [-0.25, -0.2) is 0 Å². The third kappa shape index (κ3) is 4.01. The van der Waals surface area contributed by atoms with Crippen LogP contribution in [0, 0.1) is 6.92 Å². The van der Waals surface area contributed by atoms with E-state index in [9.17, 15) is 9.59 Å². The fraction of sp³-hybridized carbons (Fsp3) is 0.185. The van der Waals surface area contributed by atoms with Gasteiger partial charge in [-0.15, -0.1) is 0 Å². The van der Waals surface area contributed by atoms with Gasteiger partial charge in [0.15, 0.2) is 0 Å². The molecule has 1 saturated heterocycles. The SMILES string of the molecule is Cc1c(-c2ccccc2)c2ccccn2c1C(=O)C(=O)Nc1ccc(N2CCOCC2)cc1. The summed E-state index contributed by atoms with van der Waals surface area (Å²) < 4.78 is 7.20. The molecule has 0 radical (unpaired) electrons. The van der Waals surface area contributed by atoms with E-state index < -0.39 is 11.7 Å². The van der Waals surface area contributed by atoms with Gasteiger partial charge in [0.1, 0.15) is 5.69 Å². The van der Waals surface area contributed by atoms with Crippen LogP contribution in [-0.4, -0.2) is 42.4 Å². The minimum absolute atomic E-state index is 0.381. The van der Waals surface area contributed by atoms with Gasteiger partial charge in [0.25, 0.3) is 11.7 Å². The second-order valence-electron chi connectivity index (χ2n) is 8.10. The molecule has 0 saturated carbocycles. The number of aromatic nitrogens is 1. The van der Waals surface area contributed by atoms with Gasteiger partial charge in [-0.05, 0) is 54.4 Å². The van der Waals surface area contributed by atoms with Gasteiger partial charge in [-0.2, -0.15) is 0 Å². The van der Waals surface area contributed by atoms with E-state index in [0.717, 1.165) is 41.0 Å². The number of pyridine rings is 1. The molecule has 6 heteroatoms.